The fourth-order valence-corrected chi connectivity index (χ4v) is 3.53. The summed E-state index contributed by atoms with van der Waals surface area (Å²) in [5.41, 5.74) is 3.43. The number of rotatable bonds is 3. The molecule has 5 heteroatoms. The Morgan fingerprint density at radius 3 is 2.08 bits per heavy atom. The van der Waals surface area contributed by atoms with Gasteiger partial charge in [0.1, 0.15) is 0 Å². The van der Waals surface area contributed by atoms with Gasteiger partial charge >= 0.3 is 5.97 Å². The van der Waals surface area contributed by atoms with E-state index in [-0.39, 0.29) is 28.0 Å². The second-order valence-electron chi connectivity index (χ2n) is 8.14. The summed E-state index contributed by atoms with van der Waals surface area (Å²) < 4.78 is 4.62. The molecule has 1 aromatic carbocycles. The van der Waals surface area contributed by atoms with Crippen LogP contribution in [0.5, 0.6) is 0 Å². The summed E-state index contributed by atoms with van der Waals surface area (Å²) in [6, 6.07) is 5.89. The third-order valence-corrected chi connectivity index (χ3v) is 5.39. The molecule has 2 aromatic rings. The highest BCUT2D eigenvalue weighted by Crippen LogP contribution is 2.45. The van der Waals surface area contributed by atoms with E-state index in [1.54, 1.807) is 0 Å². The molecular weight excluding hydrogens is 328 g/mol. The lowest BCUT2D eigenvalue weighted by molar-refractivity contribution is 0.0599. The highest BCUT2D eigenvalue weighted by molar-refractivity contribution is 6.06. The molecule has 0 saturated carbocycles. The summed E-state index contributed by atoms with van der Waals surface area (Å²) in [6.07, 6.45) is 4.84. The van der Waals surface area contributed by atoms with E-state index < -0.39 is 5.97 Å². The van der Waals surface area contributed by atoms with E-state index in [1.807, 2.05) is 12.1 Å². The number of benzene rings is 1. The van der Waals surface area contributed by atoms with Crippen LogP contribution in [0.1, 0.15) is 78.2 Å². The van der Waals surface area contributed by atoms with Crippen molar-refractivity contribution < 1.29 is 14.3 Å². The fraction of sp³-hybridized carbons (Fsp3) is 0.429. The zero-order valence-corrected chi connectivity index (χ0v) is 15.9. The minimum absolute atomic E-state index is 0.0245. The van der Waals surface area contributed by atoms with Crippen molar-refractivity contribution in [2.24, 2.45) is 0 Å². The van der Waals surface area contributed by atoms with Crippen molar-refractivity contribution in [2.75, 3.05) is 7.11 Å². The van der Waals surface area contributed by atoms with Gasteiger partial charge in [-0.2, -0.15) is 0 Å². The molecule has 3 rings (SSSR count). The Bertz CT molecular complexity index is 867. The standard InChI is InChI=1S/C21H24N2O3/c1-20(2)8-9-21(3,4)16-10-13(6-7-15(16)20)17(24)18-22-11-14(12-23-18)19(25)26-5/h6-7,10-12H,8-9H2,1-5H3. The maximum atomic E-state index is 12.8. The molecule has 0 N–H and O–H groups in total. The first-order valence-corrected chi connectivity index (χ1v) is 8.76. The molecule has 5 nitrogen and oxygen atoms in total. The van der Waals surface area contributed by atoms with Gasteiger partial charge in [0.2, 0.25) is 11.6 Å². The van der Waals surface area contributed by atoms with Gasteiger partial charge in [-0.3, -0.25) is 4.79 Å². The summed E-state index contributed by atoms with van der Waals surface area (Å²) in [5.74, 6) is -0.698. The minimum Gasteiger partial charge on any atom is -0.465 e. The predicted octanol–water partition coefficient (Wildman–Crippen LogP) is 3.84. The summed E-state index contributed by atoms with van der Waals surface area (Å²) in [5, 5.41) is 0. The van der Waals surface area contributed by atoms with Crippen LogP contribution in [0.3, 0.4) is 0 Å². The Kier molecular flexibility index (Phi) is 4.42. The zero-order chi connectivity index (χ0) is 19.1. The molecule has 136 valence electrons. The molecule has 26 heavy (non-hydrogen) atoms. The van der Waals surface area contributed by atoms with Crippen LogP contribution in [-0.2, 0) is 15.6 Å². The van der Waals surface area contributed by atoms with E-state index in [2.05, 4.69) is 48.5 Å². The van der Waals surface area contributed by atoms with Crippen molar-refractivity contribution in [1.82, 2.24) is 9.97 Å². The maximum absolute atomic E-state index is 12.8. The second-order valence-corrected chi connectivity index (χ2v) is 8.14. The van der Waals surface area contributed by atoms with Gasteiger partial charge in [-0.05, 0) is 40.9 Å². The van der Waals surface area contributed by atoms with Crippen LogP contribution in [-0.4, -0.2) is 28.8 Å². The van der Waals surface area contributed by atoms with Gasteiger partial charge in [-0.15, -0.1) is 0 Å². The van der Waals surface area contributed by atoms with Crippen LogP contribution >= 0.6 is 0 Å². The summed E-state index contributed by atoms with van der Waals surface area (Å²) in [6.45, 7) is 8.93. The maximum Gasteiger partial charge on any atom is 0.341 e. The number of fused-ring (bicyclic) bond motifs is 1. The number of aromatic nitrogens is 2. The number of carbonyl (C=O) groups excluding carboxylic acids is 2. The van der Waals surface area contributed by atoms with Crippen LogP contribution in [0.4, 0.5) is 0 Å². The topological polar surface area (TPSA) is 69.2 Å². The number of carbonyl (C=O) groups is 2. The highest BCUT2D eigenvalue weighted by Gasteiger charge is 2.37. The Labute approximate surface area is 153 Å². The lowest BCUT2D eigenvalue weighted by atomic mass is 9.63. The van der Waals surface area contributed by atoms with E-state index in [0.29, 0.717) is 5.56 Å². The third kappa shape index (κ3) is 3.14. The molecule has 0 radical (unpaired) electrons. The molecule has 0 saturated heterocycles. The van der Waals surface area contributed by atoms with Gasteiger partial charge in [0, 0.05) is 18.0 Å². The number of methoxy groups -OCH3 is 1. The molecule has 0 amide bonds. The molecule has 0 aliphatic heterocycles. The van der Waals surface area contributed by atoms with Crippen molar-refractivity contribution in [3.05, 3.63) is 58.7 Å². The molecule has 1 heterocycles. The number of esters is 1. The van der Waals surface area contributed by atoms with Crippen molar-refractivity contribution in [3.8, 4) is 0 Å². The Morgan fingerprint density at radius 1 is 0.923 bits per heavy atom. The Balaban J connectivity index is 1.98. The van der Waals surface area contributed by atoms with Gasteiger partial charge in [0.15, 0.2) is 0 Å². The number of ketones is 1. The molecule has 1 aliphatic carbocycles. The van der Waals surface area contributed by atoms with Crippen LogP contribution in [0.2, 0.25) is 0 Å². The van der Waals surface area contributed by atoms with Crippen molar-refractivity contribution in [1.29, 1.82) is 0 Å². The molecule has 0 bridgehead atoms. The molecule has 1 aromatic heterocycles. The third-order valence-electron chi connectivity index (χ3n) is 5.39. The lowest BCUT2D eigenvalue weighted by Crippen LogP contribution is -2.34. The highest BCUT2D eigenvalue weighted by atomic mass is 16.5. The van der Waals surface area contributed by atoms with Gasteiger partial charge in [-0.25, -0.2) is 14.8 Å². The molecule has 1 aliphatic rings. The van der Waals surface area contributed by atoms with Gasteiger partial charge < -0.3 is 4.74 Å². The molecule has 0 spiro atoms. The number of ether oxygens (including phenoxy) is 1. The first-order chi connectivity index (χ1) is 12.2. The first-order valence-electron chi connectivity index (χ1n) is 8.76. The number of hydrogen-bond acceptors (Lipinski definition) is 5. The van der Waals surface area contributed by atoms with Gasteiger partial charge in [0.25, 0.3) is 0 Å². The summed E-state index contributed by atoms with van der Waals surface area (Å²) in [7, 11) is 1.29. The van der Waals surface area contributed by atoms with Crippen LogP contribution in [0.25, 0.3) is 0 Å². The van der Waals surface area contributed by atoms with Crippen LogP contribution in [0, 0.1) is 0 Å². The van der Waals surface area contributed by atoms with E-state index >= 15 is 0 Å². The predicted molar refractivity (Wildman–Crippen MR) is 98.5 cm³/mol. The van der Waals surface area contributed by atoms with Crippen molar-refractivity contribution in [2.45, 2.75) is 51.4 Å². The quantitative estimate of drug-likeness (QED) is 0.620. The normalized spacial score (nSPS) is 17.3. The largest absolute Gasteiger partial charge is 0.465 e. The smallest absolute Gasteiger partial charge is 0.341 e. The Morgan fingerprint density at radius 2 is 1.50 bits per heavy atom. The molecule has 0 fully saturated rings. The van der Waals surface area contributed by atoms with Crippen molar-refractivity contribution >= 4 is 11.8 Å². The lowest BCUT2D eigenvalue weighted by Gasteiger charge is -2.42. The van der Waals surface area contributed by atoms with Crippen molar-refractivity contribution in [3.63, 3.8) is 0 Å². The zero-order valence-electron chi connectivity index (χ0n) is 15.9. The average Bonchev–Trinajstić information content (AvgIpc) is 2.64. The average molecular weight is 352 g/mol. The van der Waals surface area contributed by atoms with E-state index in [4.69, 9.17) is 0 Å². The number of nitrogens with zero attached hydrogens (tertiary/aromatic N) is 2. The first kappa shape index (κ1) is 18.2. The molecule has 0 atom stereocenters. The number of hydrogen-bond donors (Lipinski definition) is 0. The summed E-state index contributed by atoms with van der Waals surface area (Å²) in [4.78, 5) is 32.4. The fourth-order valence-electron chi connectivity index (χ4n) is 3.53. The summed E-state index contributed by atoms with van der Waals surface area (Å²) >= 11 is 0. The van der Waals surface area contributed by atoms with Crippen LogP contribution < -0.4 is 0 Å². The second kappa shape index (κ2) is 6.31. The van der Waals surface area contributed by atoms with Gasteiger partial charge in [0.05, 0.1) is 12.7 Å². The molecule has 0 unspecified atom stereocenters. The monoisotopic (exact) mass is 352 g/mol. The Hall–Kier alpha value is -2.56. The van der Waals surface area contributed by atoms with E-state index in [9.17, 15) is 9.59 Å². The SMILES string of the molecule is COC(=O)c1cnc(C(=O)c2ccc3c(c2)C(C)(C)CCC3(C)C)nc1. The van der Waals surface area contributed by atoms with E-state index in [1.165, 1.54) is 30.6 Å². The van der Waals surface area contributed by atoms with Crippen LogP contribution in [0.15, 0.2) is 30.6 Å². The minimum atomic E-state index is -0.526. The molecular formula is C21H24N2O3. The van der Waals surface area contributed by atoms with Gasteiger partial charge in [-0.1, -0.05) is 39.8 Å². The van der Waals surface area contributed by atoms with E-state index in [0.717, 1.165) is 12.8 Å².